The van der Waals surface area contributed by atoms with Crippen molar-refractivity contribution in [1.29, 1.82) is 0 Å². The lowest BCUT2D eigenvalue weighted by Gasteiger charge is -2.37. The molecule has 32 heavy (non-hydrogen) atoms. The van der Waals surface area contributed by atoms with Crippen molar-refractivity contribution in [3.63, 3.8) is 0 Å². The fourth-order valence-corrected chi connectivity index (χ4v) is 4.12. The predicted octanol–water partition coefficient (Wildman–Crippen LogP) is 5.18. The number of rotatable bonds is 6. The molecular weight excluding hydrogens is 492 g/mol. The summed E-state index contributed by atoms with van der Waals surface area (Å²) in [5.74, 6) is -0.375. The van der Waals surface area contributed by atoms with Crippen LogP contribution in [-0.2, 0) is 9.53 Å². The zero-order valence-electron chi connectivity index (χ0n) is 18.1. The Morgan fingerprint density at radius 1 is 1.06 bits per heavy atom. The average molecular weight is 517 g/mol. The minimum Gasteiger partial charge on any atom is -0.463 e. The Morgan fingerprint density at radius 2 is 1.62 bits per heavy atom. The number of nitrogens with one attached hydrogen (secondary N) is 3. The van der Waals surface area contributed by atoms with Gasteiger partial charge in [-0.25, -0.2) is 9.59 Å². The fraction of sp³-hybridized carbons (Fsp3) is 0.261. The maximum Gasteiger partial charge on any atom is 0.338 e. The van der Waals surface area contributed by atoms with Gasteiger partial charge in [0.05, 0.1) is 18.2 Å². The molecule has 0 fully saturated rings. The lowest BCUT2D eigenvalue weighted by atomic mass is 9.95. The highest BCUT2D eigenvalue weighted by molar-refractivity contribution is 9.10. The van der Waals surface area contributed by atoms with Crippen molar-refractivity contribution < 1.29 is 14.3 Å². The summed E-state index contributed by atoms with van der Waals surface area (Å²) in [5, 5.41) is 9.38. The van der Waals surface area contributed by atoms with Crippen LogP contribution in [0.4, 0.5) is 16.2 Å². The van der Waals surface area contributed by atoms with Gasteiger partial charge in [-0.1, -0.05) is 28.1 Å². The van der Waals surface area contributed by atoms with Crippen molar-refractivity contribution in [3.05, 3.63) is 69.8 Å². The number of anilines is 2. The molecule has 3 N–H and O–H groups in total. The predicted molar refractivity (Wildman–Crippen MR) is 133 cm³/mol. The maximum absolute atomic E-state index is 12.7. The summed E-state index contributed by atoms with van der Waals surface area (Å²) in [5.41, 5.74) is 3.44. The first-order valence-electron chi connectivity index (χ1n) is 10.2. The van der Waals surface area contributed by atoms with Crippen molar-refractivity contribution in [2.45, 2.75) is 26.8 Å². The molecule has 1 aliphatic heterocycles. The monoisotopic (exact) mass is 516 g/mol. The van der Waals surface area contributed by atoms with Crippen molar-refractivity contribution in [3.8, 4) is 0 Å². The van der Waals surface area contributed by atoms with Gasteiger partial charge in [-0.05, 0) is 75.0 Å². The van der Waals surface area contributed by atoms with Crippen LogP contribution in [0.5, 0.6) is 0 Å². The van der Waals surface area contributed by atoms with Crippen LogP contribution in [0.3, 0.4) is 0 Å². The van der Waals surface area contributed by atoms with E-state index in [0.717, 1.165) is 15.7 Å². The van der Waals surface area contributed by atoms with Gasteiger partial charge in [0, 0.05) is 28.1 Å². The lowest BCUT2D eigenvalue weighted by molar-refractivity contribution is -0.139. The quantitative estimate of drug-likeness (QED) is 0.362. The van der Waals surface area contributed by atoms with Crippen molar-refractivity contribution in [2.24, 2.45) is 0 Å². The van der Waals surface area contributed by atoms with Crippen LogP contribution in [-0.4, -0.2) is 35.2 Å². The highest BCUT2D eigenvalue weighted by atomic mass is 79.9. The molecule has 9 heteroatoms. The Balaban J connectivity index is 1.78. The summed E-state index contributed by atoms with van der Waals surface area (Å²) in [4.78, 5) is 26.9. The molecule has 1 heterocycles. The van der Waals surface area contributed by atoms with E-state index in [2.05, 4.69) is 31.9 Å². The Hall–Kier alpha value is -2.91. The Bertz CT molecular complexity index is 1040. The molecule has 1 atom stereocenters. The molecule has 2 aromatic rings. The van der Waals surface area contributed by atoms with Crippen molar-refractivity contribution in [1.82, 2.24) is 10.2 Å². The number of hydrogen-bond donors (Lipinski definition) is 3. The van der Waals surface area contributed by atoms with Gasteiger partial charge in [0.25, 0.3) is 0 Å². The van der Waals surface area contributed by atoms with Crippen LogP contribution in [0.2, 0.25) is 0 Å². The van der Waals surface area contributed by atoms with Gasteiger partial charge >= 0.3 is 12.0 Å². The number of ether oxygens (including phenoxy) is 1. The number of thiocarbonyl (C=S) groups is 1. The van der Waals surface area contributed by atoms with E-state index in [4.69, 9.17) is 17.0 Å². The minimum absolute atomic E-state index is 0.287. The molecule has 0 bridgehead atoms. The highest BCUT2D eigenvalue weighted by Crippen LogP contribution is 2.32. The van der Waals surface area contributed by atoms with Gasteiger partial charge in [-0.3, -0.25) is 0 Å². The van der Waals surface area contributed by atoms with Gasteiger partial charge in [-0.15, -0.1) is 0 Å². The molecule has 0 aliphatic carbocycles. The number of hydrogen-bond acceptors (Lipinski definition) is 4. The van der Waals surface area contributed by atoms with Gasteiger partial charge < -0.3 is 25.6 Å². The number of amides is 2. The number of allylic oxidation sites excluding steroid dienone is 1. The smallest absolute Gasteiger partial charge is 0.338 e. The second-order valence-electron chi connectivity index (χ2n) is 7.05. The average Bonchev–Trinajstić information content (AvgIpc) is 2.76. The molecule has 7 nitrogen and oxygen atoms in total. The zero-order valence-corrected chi connectivity index (χ0v) is 20.5. The molecule has 0 spiro atoms. The molecule has 1 aliphatic rings. The van der Waals surface area contributed by atoms with Crippen LogP contribution >= 0.6 is 28.1 Å². The second-order valence-corrected chi connectivity index (χ2v) is 8.36. The molecule has 3 rings (SSSR count). The Morgan fingerprint density at radius 3 is 2.16 bits per heavy atom. The summed E-state index contributed by atoms with van der Waals surface area (Å²) >= 11 is 8.86. The molecule has 0 aromatic heterocycles. The maximum atomic E-state index is 12.7. The lowest BCUT2D eigenvalue weighted by Crippen LogP contribution is -2.47. The minimum atomic E-state index is -0.435. The van der Waals surface area contributed by atoms with E-state index in [1.165, 1.54) is 0 Å². The van der Waals surface area contributed by atoms with Crippen molar-refractivity contribution >= 4 is 56.6 Å². The summed E-state index contributed by atoms with van der Waals surface area (Å²) in [6.45, 7) is 6.55. The van der Waals surface area contributed by atoms with E-state index < -0.39 is 6.04 Å². The molecule has 2 aromatic carbocycles. The zero-order chi connectivity index (χ0) is 23.3. The largest absolute Gasteiger partial charge is 0.463 e. The van der Waals surface area contributed by atoms with Gasteiger partial charge in [0.1, 0.15) is 0 Å². The van der Waals surface area contributed by atoms with Gasteiger partial charge in [0.2, 0.25) is 0 Å². The topological polar surface area (TPSA) is 82.7 Å². The molecule has 0 saturated heterocycles. The van der Waals surface area contributed by atoms with Crippen LogP contribution in [0.1, 0.15) is 32.4 Å². The van der Waals surface area contributed by atoms with Crippen LogP contribution in [0, 0.1) is 0 Å². The summed E-state index contributed by atoms with van der Waals surface area (Å²) in [6, 6.07) is 13.8. The third-order valence-corrected chi connectivity index (χ3v) is 5.88. The van der Waals surface area contributed by atoms with E-state index in [9.17, 15) is 9.59 Å². The third kappa shape index (κ3) is 5.46. The number of benzene rings is 2. The molecule has 2 amide bonds. The first-order chi connectivity index (χ1) is 15.3. The van der Waals surface area contributed by atoms with E-state index in [1.54, 1.807) is 31.2 Å². The Labute approximate surface area is 201 Å². The number of carbonyl (C=O) groups is 2. The molecular formula is C23H25BrN4O3S. The second kappa shape index (κ2) is 10.6. The first kappa shape index (κ1) is 23.7. The number of urea groups is 1. The molecule has 168 valence electrons. The molecule has 0 radical (unpaired) electrons. The van der Waals surface area contributed by atoms with E-state index in [0.29, 0.717) is 28.6 Å². The highest BCUT2D eigenvalue weighted by Gasteiger charge is 2.34. The molecule has 1 unspecified atom stereocenters. The SMILES string of the molecule is CCOC(=O)C1=C(C)N(CC)C(=S)NC1c1ccc(NC(=O)Nc2ccc(Br)cc2)cc1. The van der Waals surface area contributed by atoms with Crippen molar-refractivity contribution in [2.75, 3.05) is 23.8 Å². The van der Waals surface area contributed by atoms with Crippen LogP contribution < -0.4 is 16.0 Å². The van der Waals surface area contributed by atoms with E-state index in [-0.39, 0.29) is 18.6 Å². The normalized spacial score (nSPS) is 15.8. The summed E-state index contributed by atoms with van der Waals surface area (Å²) in [6.07, 6.45) is 0. The van der Waals surface area contributed by atoms with E-state index >= 15 is 0 Å². The Kier molecular flexibility index (Phi) is 7.87. The number of esters is 1. The molecule has 0 saturated carbocycles. The standard InChI is InChI=1S/C23H25BrN4O3S/c1-4-28-14(3)19(21(29)31-5-2)20(27-23(28)32)15-6-10-17(11-7-15)25-22(30)26-18-12-8-16(24)9-13-18/h6-13,20H,4-5H2,1-3H3,(H,27,32)(H2,25,26,30). The fourth-order valence-electron chi connectivity index (χ4n) is 3.47. The van der Waals surface area contributed by atoms with Crippen LogP contribution in [0.15, 0.2) is 64.3 Å². The summed E-state index contributed by atoms with van der Waals surface area (Å²) in [7, 11) is 0. The van der Waals surface area contributed by atoms with Gasteiger partial charge in [-0.2, -0.15) is 0 Å². The third-order valence-electron chi connectivity index (χ3n) is 5.01. The number of nitrogens with zero attached hydrogens (tertiary/aromatic N) is 1. The van der Waals surface area contributed by atoms with E-state index in [1.807, 2.05) is 43.0 Å². The van der Waals surface area contributed by atoms with Gasteiger partial charge in [0.15, 0.2) is 5.11 Å². The number of carbonyl (C=O) groups excluding carboxylic acids is 2. The van der Waals surface area contributed by atoms with Crippen LogP contribution in [0.25, 0.3) is 0 Å². The first-order valence-corrected chi connectivity index (χ1v) is 11.4. The number of halogens is 1. The summed E-state index contributed by atoms with van der Waals surface area (Å²) < 4.78 is 6.23.